The van der Waals surface area contributed by atoms with Crippen molar-refractivity contribution in [3.05, 3.63) is 36.0 Å². The Morgan fingerprint density at radius 3 is 2.64 bits per heavy atom. The number of nitrogens with zero attached hydrogens (tertiary/aromatic N) is 2. The fourth-order valence-electron chi connectivity index (χ4n) is 3.00. The van der Waals surface area contributed by atoms with E-state index >= 15 is 0 Å². The van der Waals surface area contributed by atoms with E-state index in [0.717, 1.165) is 23.7 Å². The van der Waals surface area contributed by atoms with Gasteiger partial charge in [-0.3, -0.25) is 4.98 Å². The Morgan fingerprint density at radius 1 is 1.23 bits per heavy atom. The molecule has 0 aliphatic carbocycles. The van der Waals surface area contributed by atoms with E-state index in [2.05, 4.69) is 4.98 Å². The summed E-state index contributed by atoms with van der Waals surface area (Å²) in [5.74, 6) is 0. The minimum Gasteiger partial charge on any atom is -0.381 e. The van der Waals surface area contributed by atoms with Gasteiger partial charge >= 0.3 is 0 Å². The van der Waals surface area contributed by atoms with Crippen molar-refractivity contribution in [2.45, 2.75) is 30.8 Å². The van der Waals surface area contributed by atoms with Crippen LogP contribution in [0.3, 0.4) is 0 Å². The standard InChI is InChI=1S/C16H20N2O3S/c1-12-15(6-5-13-4-3-9-17-16(12)13)22(19,20)18-10-7-14(21-2)8-11-18/h3-6,9,14H,7-8,10-11H2,1-2H3. The van der Waals surface area contributed by atoms with E-state index in [-0.39, 0.29) is 6.10 Å². The molecule has 2 aromatic rings. The first-order valence-electron chi connectivity index (χ1n) is 7.41. The van der Waals surface area contributed by atoms with Crippen LogP contribution in [0.5, 0.6) is 0 Å². The van der Waals surface area contributed by atoms with Crippen molar-refractivity contribution < 1.29 is 13.2 Å². The van der Waals surface area contributed by atoms with Crippen molar-refractivity contribution in [3.8, 4) is 0 Å². The molecule has 1 aliphatic heterocycles. The molecule has 1 fully saturated rings. The summed E-state index contributed by atoms with van der Waals surface area (Å²) in [5, 5.41) is 0.956. The summed E-state index contributed by atoms with van der Waals surface area (Å²) < 4.78 is 32.7. The van der Waals surface area contributed by atoms with E-state index in [1.54, 1.807) is 23.7 Å². The normalized spacial score (nSPS) is 17.9. The van der Waals surface area contributed by atoms with E-state index in [1.807, 2.05) is 25.1 Å². The Labute approximate surface area is 131 Å². The van der Waals surface area contributed by atoms with Crippen molar-refractivity contribution in [1.29, 1.82) is 0 Å². The monoisotopic (exact) mass is 320 g/mol. The molecule has 118 valence electrons. The molecule has 2 heterocycles. The Kier molecular flexibility index (Phi) is 4.16. The van der Waals surface area contributed by atoms with Crippen molar-refractivity contribution in [2.75, 3.05) is 20.2 Å². The van der Waals surface area contributed by atoms with Crippen LogP contribution in [0.25, 0.3) is 10.9 Å². The highest BCUT2D eigenvalue weighted by Crippen LogP contribution is 2.28. The van der Waals surface area contributed by atoms with E-state index < -0.39 is 10.0 Å². The maximum absolute atomic E-state index is 12.9. The molecule has 1 aromatic carbocycles. The van der Waals surface area contributed by atoms with Crippen LogP contribution in [0.1, 0.15) is 18.4 Å². The quantitative estimate of drug-likeness (QED) is 0.871. The number of rotatable bonds is 3. The van der Waals surface area contributed by atoms with E-state index in [1.165, 1.54) is 0 Å². The van der Waals surface area contributed by atoms with Gasteiger partial charge < -0.3 is 4.74 Å². The first kappa shape index (κ1) is 15.4. The SMILES string of the molecule is COC1CCN(S(=O)(=O)c2ccc3cccnc3c2C)CC1. The van der Waals surface area contributed by atoms with Gasteiger partial charge in [0.25, 0.3) is 0 Å². The smallest absolute Gasteiger partial charge is 0.243 e. The van der Waals surface area contributed by atoms with Gasteiger partial charge in [0.15, 0.2) is 0 Å². The third-order valence-corrected chi connectivity index (χ3v) is 6.37. The van der Waals surface area contributed by atoms with Gasteiger partial charge in [0.2, 0.25) is 10.0 Å². The molecule has 1 aliphatic rings. The summed E-state index contributed by atoms with van der Waals surface area (Å²) in [5.41, 5.74) is 1.46. The summed E-state index contributed by atoms with van der Waals surface area (Å²) in [4.78, 5) is 4.68. The number of hydrogen-bond acceptors (Lipinski definition) is 4. The lowest BCUT2D eigenvalue weighted by Crippen LogP contribution is -2.40. The molecule has 1 aromatic heterocycles. The number of sulfonamides is 1. The summed E-state index contributed by atoms with van der Waals surface area (Å²) in [6, 6.07) is 7.31. The zero-order chi connectivity index (χ0) is 15.7. The number of fused-ring (bicyclic) bond motifs is 1. The molecule has 5 nitrogen and oxygen atoms in total. The lowest BCUT2D eigenvalue weighted by Gasteiger charge is -2.30. The highest BCUT2D eigenvalue weighted by Gasteiger charge is 2.30. The van der Waals surface area contributed by atoms with E-state index in [0.29, 0.717) is 23.5 Å². The highest BCUT2D eigenvalue weighted by molar-refractivity contribution is 7.89. The van der Waals surface area contributed by atoms with E-state index in [4.69, 9.17) is 4.74 Å². The van der Waals surface area contributed by atoms with Gasteiger partial charge in [-0.15, -0.1) is 0 Å². The zero-order valence-electron chi connectivity index (χ0n) is 12.8. The average Bonchev–Trinajstić information content (AvgIpc) is 2.55. The average molecular weight is 320 g/mol. The van der Waals surface area contributed by atoms with Gasteiger partial charge in [0.05, 0.1) is 16.5 Å². The fourth-order valence-corrected chi connectivity index (χ4v) is 4.69. The van der Waals surface area contributed by atoms with Gasteiger partial charge in [-0.2, -0.15) is 4.31 Å². The Bertz CT molecular complexity index is 781. The lowest BCUT2D eigenvalue weighted by atomic mass is 10.1. The Morgan fingerprint density at radius 2 is 1.95 bits per heavy atom. The third-order valence-electron chi connectivity index (χ3n) is 4.33. The van der Waals surface area contributed by atoms with Gasteiger partial charge in [0.1, 0.15) is 0 Å². The Hall–Kier alpha value is -1.50. The van der Waals surface area contributed by atoms with Crippen molar-refractivity contribution in [2.24, 2.45) is 0 Å². The van der Waals surface area contributed by atoms with Crippen molar-refractivity contribution >= 4 is 20.9 Å². The first-order chi connectivity index (χ1) is 10.5. The van der Waals surface area contributed by atoms with Gasteiger partial charge in [-0.1, -0.05) is 12.1 Å². The maximum Gasteiger partial charge on any atom is 0.243 e. The Balaban J connectivity index is 1.98. The summed E-state index contributed by atoms with van der Waals surface area (Å²) in [6.07, 6.45) is 3.32. The molecule has 3 rings (SSSR count). The largest absolute Gasteiger partial charge is 0.381 e. The summed E-state index contributed by atoms with van der Waals surface area (Å²) >= 11 is 0. The highest BCUT2D eigenvalue weighted by atomic mass is 32.2. The molecule has 1 saturated heterocycles. The topological polar surface area (TPSA) is 59.5 Å². The molecule has 0 unspecified atom stereocenters. The van der Waals surface area contributed by atoms with Crippen LogP contribution in [0.15, 0.2) is 35.4 Å². The van der Waals surface area contributed by atoms with Crippen LogP contribution in [-0.2, 0) is 14.8 Å². The number of ether oxygens (including phenoxy) is 1. The number of benzene rings is 1. The molecule has 0 spiro atoms. The van der Waals surface area contributed by atoms with Crippen molar-refractivity contribution in [3.63, 3.8) is 0 Å². The minimum atomic E-state index is -3.48. The molecule has 0 amide bonds. The van der Waals surface area contributed by atoms with Crippen LogP contribution in [0.2, 0.25) is 0 Å². The predicted octanol–water partition coefficient (Wildman–Crippen LogP) is 2.34. The molecule has 0 saturated carbocycles. The van der Waals surface area contributed by atoms with Crippen LogP contribution in [0.4, 0.5) is 0 Å². The van der Waals surface area contributed by atoms with Crippen LogP contribution in [0, 0.1) is 6.92 Å². The molecule has 6 heteroatoms. The lowest BCUT2D eigenvalue weighted by molar-refractivity contribution is 0.0604. The predicted molar refractivity (Wildman–Crippen MR) is 85.3 cm³/mol. The molecule has 0 N–H and O–H groups in total. The third kappa shape index (κ3) is 2.62. The number of piperidine rings is 1. The number of hydrogen-bond donors (Lipinski definition) is 0. The van der Waals surface area contributed by atoms with Gasteiger partial charge in [-0.05, 0) is 37.5 Å². The number of aromatic nitrogens is 1. The van der Waals surface area contributed by atoms with Crippen molar-refractivity contribution in [1.82, 2.24) is 9.29 Å². The number of methoxy groups -OCH3 is 1. The number of aryl methyl sites for hydroxylation is 1. The summed E-state index contributed by atoms with van der Waals surface area (Å²) in [7, 11) is -1.80. The van der Waals surface area contributed by atoms with Crippen LogP contribution >= 0.6 is 0 Å². The molecular formula is C16H20N2O3S. The summed E-state index contributed by atoms with van der Waals surface area (Å²) in [6.45, 7) is 2.82. The molecule has 0 bridgehead atoms. The van der Waals surface area contributed by atoms with Crippen LogP contribution in [-0.4, -0.2) is 44.0 Å². The molecule has 0 atom stereocenters. The van der Waals surface area contributed by atoms with Gasteiger partial charge in [0, 0.05) is 31.8 Å². The second-order valence-electron chi connectivity index (χ2n) is 5.60. The minimum absolute atomic E-state index is 0.158. The molecular weight excluding hydrogens is 300 g/mol. The fraction of sp³-hybridized carbons (Fsp3) is 0.438. The van der Waals surface area contributed by atoms with Crippen LogP contribution < -0.4 is 0 Å². The molecule has 22 heavy (non-hydrogen) atoms. The number of pyridine rings is 1. The van der Waals surface area contributed by atoms with E-state index in [9.17, 15) is 8.42 Å². The molecule has 0 radical (unpaired) electrons. The van der Waals surface area contributed by atoms with Gasteiger partial charge in [-0.25, -0.2) is 8.42 Å². The first-order valence-corrected chi connectivity index (χ1v) is 8.85. The maximum atomic E-state index is 12.9. The second-order valence-corrected chi connectivity index (χ2v) is 7.51. The second kappa shape index (κ2) is 5.95. The zero-order valence-corrected chi connectivity index (χ0v) is 13.6.